The van der Waals surface area contributed by atoms with Crippen LogP contribution in [0, 0.1) is 6.92 Å². The van der Waals surface area contributed by atoms with E-state index in [1.807, 2.05) is 24.0 Å². The van der Waals surface area contributed by atoms with Gasteiger partial charge in [0.25, 0.3) is 0 Å². The quantitative estimate of drug-likeness (QED) is 0.802. The lowest BCUT2D eigenvalue weighted by Gasteiger charge is -2.02. The van der Waals surface area contributed by atoms with E-state index in [2.05, 4.69) is 21.9 Å². The first-order chi connectivity index (χ1) is 7.34. The number of nitrogens with one attached hydrogen (secondary N) is 1. The summed E-state index contributed by atoms with van der Waals surface area (Å²) in [6.45, 7) is 2.09. The number of hydrogen-bond acceptors (Lipinski definition) is 3. The lowest BCUT2D eigenvalue weighted by atomic mass is 10.2. The number of rotatable bonds is 1. The molecule has 1 atom stereocenters. The maximum absolute atomic E-state index is 4.57. The molecule has 0 aromatic carbocycles. The molecule has 0 amide bonds. The number of thioether (sulfide) groups is 1. The number of hydrogen-bond donors (Lipinski definition) is 1. The van der Waals surface area contributed by atoms with Gasteiger partial charge in [-0.1, -0.05) is 0 Å². The Kier molecular flexibility index (Phi) is 2.16. The fraction of sp³-hybridized carbons (Fsp3) is 0.455. The molecule has 0 spiro atoms. The summed E-state index contributed by atoms with van der Waals surface area (Å²) < 4.78 is 0. The second-order valence-corrected chi connectivity index (χ2v) is 5.26. The number of imidazole rings is 1. The molecule has 1 aliphatic rings. The fourth-order valence-corrected chi connectivity index (χ4v) is 3.22. The molecule has 1 fully saturated rings. The molecular formula is C11H13N3S. The molecular weight excluding hydrogens is 206 g/mol. The summed E-state index contributed by atoms with van der Waals surface area (Å²) in [5.74, 6) is 2.36. The standard InChI is InChI=1S/C11H13N3S/c1-7-4-5-12-11-9(7)13-10(14-11)8-3-2-6-15-8/h4-5,8H,2-3,6H2,1H3,(H,12,13,14). The van der Waals surface area contributed by atoms with Crippen LogP contribution in [0.1, 0.15) is 29.5 Å². The van der Waals surface area contributed by atoms with Crippen molar-refractivity contribution in [1.29, 1.82) is 0 Å². The third-order valence-electron chi connectivity index (χ3n) is 2.85. The molecule has 1 saturated heterocycles. The highest BCUT2D eigenvalue weighted by Gasteiger charge is 2.21. The van der Waals surface area contributed by atoms with Gasteiger partial charge in [-0.2, -0.15) is 11.8 Å². The van der Waals surface area contributed by atoms with Crippen LogP contribution in [-0.4, -0.2) is 20.7 Å². The molecule has 2 aromatic rings. The van der Waals surface area contributed by atoms with Crippen molar-refractivity contribution in [2.75, 3.05) is 5.75 Å². The van der Waals surface area contributed by atoms with Gasteiger partial charge in [-0.3, -0.25) is 0 Å². The van der Waals surface area contributed by atoms with E-state index in [1.165, 1.54) is 24.2 Å². The molecule has 1 N–H and O–H groups in total. The lowest BCUT2D eigenvalue weighted by molar-refractivity contribution is 0.792. The number of H-pyrrole nitrogens is 1. The molecule has 78 valence electrons. The van der Waals surface area contributed by atoms with Gasteiger partial charge in [0.15, 0.2) is 5.65 Å². The van der Waals surface area contributed by atoms with Gasteiger partial charge in [-0.05, 0) is 37.1 Å². The average molecular weight is 219 g/mol. The maximum Gasteiger partial charge on any atom is 0.177 e. The highest BCUT2D eigenvalue weighted by atomic mass is 32.2. The van der Waals surface area contributed by atoms with E-state index in [0.29, 0.717) is 5.25 Å². The minimum Gasteiger partial charge on any atom is -0.339 e. The third-order valence-corrected chi connectivity index (χ3v) is 4.24. The summed E-state index contributed by atoms with van der Waals surface area (Å²) >= 11 is 2.00. The molecule has 4 heteroatoms. The van der Waals surface area contributed by atoms with Crippen molar-refractivity contribution in [2.24, 2.45) is 0 Å². The summed E-state index contributed by atoms with van der Waals surface area (Å²) in [6.07, 6.45) is 4.37. The zero-order valence-corrected chi connectivity index (χ0v) is 9.47. The summed E-state index contributed by atoms with van der Waals surface area (Å²) in [5, 5.41) is 0.554. The van der Waals surface area contributed by atoms with Crippen molar-refractivity contribution in [1.82, 2.24) is 15.0 Å². The van der Waals surface area contributed by atoms with Gasteiger partial charge in [-0.25, -0.2) is 9.97 Å². The first kappa shape index (κ1) is 9.21. The Morgan fingerprint density at radius 3 is 3.20 bits per heavy atom. The largest absolute Gasteiger partial charge is 0.339 e. The van der Waals surface area contributed by atoms with Crippen molar-refractivity contribution >= 4 is 22.9 Å². The van der Waals surface area contributed by atoms with Crippen LogP contribution in [0.15, 0.2) is 12.3 Å². The van der Waals surface area contributed by atoms with E-state index in [1.54, 1.807) is 0 Å². The Hall–Kier alpha value is -1.03. The third kappa shape index (κ3) is 1.53. The monoisotopic (exact) mass is 219 g/mol. The molecule has 0 bridgehead atoms. The van der Waals surface area contributed by atoms with Gasteiger partial charge < -0.3 is 4.98 Å². The van der Waals surface area contributed by atoms with Crippen LogP contribution in [0.4, 0.5) is 0 Å². The Balaban J connectivity index is 2.09. The van der Waals surface area contributed by atoms with Gasteiger partial charge in [0.1, 0.15) is 5.82 Å². The summed E-state index contributed by atoms with van der Waals surface area (Å²) in [7, 11) is 0. The second kappa shape index (κ2) is 3.52. The predicted molar refractivity (Wildman–Crippen MR) is 63.1 cm³/mol. The maximum atomic E-state index is 4.57. The van der Waals surface area contributed by atoms with E-state index < -0.39 is 0 Å². The van der Waals surface area contributed by atoms with Crippen LogP contribution in [0.25, 0.3) is 11.2 Å². The van der Waals surface area contributed by atoms with Crippen LogP contribution in [-0.2, 0) is 0 Å². The molecule has 3 nitrogen and oxygen atoms in total. The Morgan fingerprint density at radius 2 is 2.47 bits per heavy atom. The number of aromatic amines is 1. The molecule has 3 heterocycles. The highest BCUT2D eigenvalue weighted by molar-refractivity contribution is 7.99. The van der Waals surface area contributed by atoms with Crippen molar-refractivity contribution in [3.63, 3.8) is 0 Å². The normalized spacial score (nSPS) is 21.3. The SMILES string of the molecule is Cc1ccnc2nc(C3CCCS3)[nH]c12. The number of nitrogens with zero attached hydrogens (tertiary/aromatic N) is 2. The van der Waals surface area contributed by atoms with Crippen molar-refractivity contribution in [3.05, 3.63) is 23.7 Å². The molecule has 0 aliphatic carbocycles. The molecule has 15 heavy (non-hydrogen) atoms. The topological polar surface area (TPSA) is 41.6 Å². The van der Waals surface area contributed by atoms with Gasteiger partial charge >= 0.3 is 0 Å². The minimum absolute atomic E-state index is 0.554. The summed E-state index contributed by atoms with van der Waals surface area (Å²) in [6, 6.07) is 2.02. The molecule has 0 saturated carbocycles. The Bertz CT molecular complexity index is 486. The highest BCUT2D eigenvalue weighted by Crippen LogP contribution is 2.38. The first-order valence-electron chi connectivity index (χ1n) is 5.27. The van der Waals surface area contributed by atoms with Crippen LogP contribution in [0.5, 0.6) is 0 Å². The number of aryl methyl sites for hydroxylation is 1. The van der Waals surface area contributed by atoms with E-state index in [9.17, 15) is 0 Å². The van der Waals surface area contributed by atoms with Gasteiger partial charge in [0, 0.05) is 6.20 Å². The average Bonchev–Trinajstić information content (AvgIpc) is 2.86. The van der Waals surface area contributed by atoms with E-state index in [0.717, 1.165) is 17.0 Å². The predicted octanol–water partition coefficient (Wildman–Crippen LogP) is 2.83. The van der Waals surface area contributed by atoms with Crippen molar-refractivity contribution in [2.45, 2.75) is 25.0 Å². The van der Waals surface area contributed by atoms with Crippen LogP contribution >= 0.6 is 11.8 Å². The summed E-state index contributed by atoms with van der Waals surface area (Å²) in [5.41, 5.74) is 3.18. The fourth-order valence-electron chi connectivity index (χ4n) is 2.00. The molecule has 0 radical (unpaired) electrons. The molecule has 2 aromatic heterocycles. The van der Waals surface area contributed by atoms with Gasteiger partial charge in [0.05, 0.1) is 10.8 Å². The minimum atomic E-state index is 0.554. The van der Waals surface area contributed by atoms with Gasteiger partial charge in [-0.15, -0.1) is 0 Å². The van der Waals surface area contributed by atoms with E-state index >= 15 is 0 Å². The smallest absolute Gasteiger partial charge is 0.177 e. The van der Waals surface area contributed by atoms with E-state index in [-0.39, 0.29) is 0 Å². The first-order valence-corrected chi connectivity index (χ1v) is 6.32. The van der Waals surface area contributed by atoms with Crippen LogP contribution in [0.3, 0.4) is 0 Å². The second-order valence-electron chi connectivity index (χ2n) is 3.95. The number of pyridine rings is 1. The van der Waals surface area contributed by atoms with Crippen molar-refractivity contribution < 1.29 is 0 Å². The number of aromatic nitrogens is 3. The van der Waals surface area contributed by atoms with E-state index in [4.69, 9.17) is 0 Å². The zero-order valence-electron chi connectivity index (χ0n) is 8.66. The Morgan fingerprint density at radius 1 is 1.53 bits per heavy atom. The number of fused-ring (bicyclic) bond motifs is 1. The lowest BCUT2D eigenvalue weighted by Crippen LogP contribution is -1.90. The molecule has 1 aliphatic heterocycles. The van der Waals surface area contributed by atoms with Crippen LogP contribution < -0.4 is 0 Å². The molecule has 3 rings (SSSR count). The zero-order chi connectivity index (χ0) is 10.3. The van der Waals surface area contributed by atoms with Gasteiger partial charge in [0.2, 0.25) is 0 Å². The van der Waals surface area contributed by atoms with Crippen LogP contribution in [0.2, 0.25) is 0 Å². The molecule has 1 unspecified atom stereocenters. The van der Waals surface area contributed by atoms with Crippen molar-refractivity contribution in [3.8, 4) is 0 Å². The Labute approximate surface area is 92.7 Å². The summed E-state index contributed by atoms with van der Waals surface area (Å²) in [4.78, 5) is 12.3.